The summed E-state index contributed by atoms with van der Waals surface area (Å²) in [5, 5.41) is 8.03. The van der Waals surface area contributed by atoms with Gasteiger partial charge in [-0.2, -0.15) is 0 Å². The van der Waals surface area contributed by atoms with Crippen LogP contribution in [-0.4, -0.2) is 24.8 Å². The first-order valence-electron chi connectivity index (χ1n) is 8.12. The lowest BCUT2D eigenvalue weighted by atomic mass is 10.1. The van der Waals surface area contributed by atoms with E-state index in [1.165, 1.54) is 13.0 Å². The molecule has 0 aliphatic carbocycles. The molecule has 2 aromatic carbocycles. The Labute approximate surface area is 152 Å². The van der Waals surface area contributed by atoms with E-state index in [2.05, 4.69) is 16.0 Å². The standard InChI is InChI=1S/C20H21N3O3/c1-14(24)23-18-10-5-15(6-11-18)7-12-19(25)22-13-16-3-8-17(9-4-16)20(26)21-2/h3-12H,13H2,1-2H3,(H,21,26)(H,22,25)(H,23,24)/b12-7+. The van der Waals surface area contributed by atoms with Crippen molar-refractivity contribution in [2.24, 2.45) is 0 Å². The summed E-state index contributed by atoms with van der Waals surface area (Å²) in [6, 6.07) is 14.2. The lowest BCUT2D eigenvalue weighted by Crippen LogP contribution is -2.20. The zero-order valence-electron chi connectivity index (χ0n) is 14.7. The Balaban J connectivity index is 1.85. The molecule has 2 rings (SSSR count). The van der Waals surface area contributed by atoms with Crippen molar-refractivity contribution in [1.82, 2.24) is 10.6 Å². The van der Waals surface area contributed by atoms with Gasteiger partial charge in [-0.1, -0.05) is 24.3 Å². The normalized spacial score (nSPS) is 10.4. The minimum atomic E-state index is -0.216. The Morgan fingerprint density at radius 1 is 0.962 bits per heavy atom. The Bertz CT molecular complexity index is 809. The molecule has 0 aromatic heterocycles. The Kier molecular flexibility index (Phi) is 6.68. The molecule has 3 N–H and O–H groups in total. The van der Waals surface area contributed by atoms with Gasteiger partial charge in [0.1, 0.15) is 0 Å². The first kappa shape index (κ1) is 18.9. The van der Waals surface area contributed by atoms with Gasteiger partial charge in [-0.3, -0.25) is 14.4 Å². The van der Waals surface area contributed by atoms with Crippen molar-refractivity contribution in [2.75, 3.05) is 12.4 Å². The maximum atomic E-state index is 11.9. The summed E-state index contributed by atoms with van der Waals surface area (Å²) < 4.78 is 0. The molecule has 0 radical (unpaired) electrons. The average molecular weight is 351 g/mol. The number of rotatable bonds is 6. The number of carbonyl (C=O) groups is 3. The molecule has 0 saturated heterocycles. The Morgan fingerprint density at radius 3 is 2.19 bits per heavy atom. The van der Waals surface area contributed by atoms with Crippen molar-refractivity contribution < 1.29 is 14.4 Å². The SMILES string of the molecule is CNC(=O)c1ccc(CNC(=O)/C=C/c2ccc(NC(C)=O)cc2)cc1. The molecule has 3 amide bonds. The van der Waals surface area contributed by atoms with Crippen molar-refractivity contribution in [3.05, 3.63) is 71.3 Å². The lowest BCUT2D eigenvalue weighted by Gasteiger charge is -2.04. The molecule has 0 fully saturated rings. The van der Waals surface area contributed by atoms with Crippen molar-refractivity contribution >= 4 is 29.5 Å². The highest BCUT2D eigenvalue weighted by atomic mass is 16.2. The molecular formula is C20H21N3O3. The maximum Gasteiger partial charge on any atom is 0.251 e. The van der Waals surface area contributed by atoms with E-state index in [-0.39, 0.29) is 17.7 Å². The first-order chi connectivity index (χ1) is 12.5. The number of benzene rings is 2. The molecule has 0 spiro atoms. The Morgan fingerprint density at radius 2 is 1.62 bits per heavy atom. The molecule has 0 atom stereocenters. The van der Waals surface area contributed by atoms with E-state index in [4.69, 9.17) is 0 Å². The second-order valence-corrected chi connectivity index (χ2v) is 5.63. The van der Waals surface area contributed by atoms with Crippen LogP contribution in [0, 0.1) is 0 Å². The summed E-state index contributed by atoms with van der Waals surface area (Å²) in [5.41, 5.74) is 3.03. The van der Waals surface area contributed by atoms with Crippen LogP contribution in [-0.2, 0) is 16.1 Å². The largest absolute Gasteiger partial charge is 0.355 e. The summed E-state index contributed by atoms with van der Waals surface area (Å²) in [5.74, 6) is -0.490. The van der Waals surface area contributed by atoms with Gasteiger partial charge < -0.3 is 16.0 Å². The van der Waals surface area contributed by atoms with E-state index in [0.717, 1.165) is 11.1 Å². The molecule has 6 heteroatoms. The zero-order valence-corrected chi connectivity index (χ0v) is 14.7. The molecule has 0 unspecified atom stereocenters. The molecule has 2 aromatic rings. The number of hydrogen-bond donors (Lipinski definition) is 3. The monoisotopic (exact) mass is 351 g/mol. The average Bonchev–Trinajstić information content (AvgIpc) is 2.65. The minimum Gasteiger partial charge on any atom is -0.355 e. The lowest BCUT2D eigenvalue weighted by molar-refractivity contribution is -0.116. The van der Waals surface area contributed by atoms with Crippen LogP contribution >= 0.6 is 0 Å². The van der Waals surface area contributed by atoms with Gasteiger partial charge in [0.05, 0.1) is 0 Å². The van der Waals surface area contributed by atoms with Crippen LogP contribution in [0.5, 0.6) is 0 Å². The summed E-state index contributed by atoms with van der Waals surface area (Å²) in [6.45, 7) is 1.82. The summed E-state index contributed by atoms with van der Waals surface area (Å²) in [7, 11) is 1.58. The van der Waals surface area contributed by atoms with E-state index in [1.807, 2.05) is 12.1 Å². The fourth-order valence-corrected chi connectivity index (χ4v) is 2.22. The van der Waals surface area contributed by atoms with E-state index in [9.17, 15) is 14.4 Å². The van der Waals surface area contributed by atoms with Gasteiger partial charge in [0.15, 0.2) is 0 Å². The molecular weight excluding hydrogens is 330 g/mol. The minimum absolute atomic E-state index is 0.129. The van der Waals surface area contributed by atoms with Crippen molar-refractivity contribution in [3.63, 3.8) is 0 Å². The van der Waals surface area contributed by atoms with Crippen LogP contribution in [0.2, 0.25) is 0 Å². The molecule has 134 valence electrons. The second-order valence-electron chi connectivity index (χ2n) is 5.63. The summed E-state index contributed by atoms with van der Waals surface area (Å²) in [6.07, 6.45) is 3.15. The number of nitrogens with one attached hydrogen (secondary N) is 3. The summed E-state index contributed by atoms with van der Waals surface area (Å²) in [4.78, 5) is 34.3. The Hall–Kier alpha value is -3.41. The zero-order chi connectivity index (χ0) is 18.9. The molecule has 26 heavy (non-hydrogen) atoms. The highest BCUT2D eigenvalue weighted by Gasteiger charge is 2.03. The number of hydrogen-bond acceptors (Lipinski definition) is 3. The molecule has 0 aliphatic rings. The van der Waals surface area contributed by atoms with Crippen LogP contribution in [0.4, 0.5) is 5.69 Å². The fourth-order valence-electron chi connectivity index (χ4n) is 2.22. The number of anilines is 1. The predicted molar refractivity (Wildman–Crippen MR) is 101 cm³/mol. The van der Waals surface area contributed by atoms with Crippen LogP contribution < -0.4 is 16.0 Å². The number of amides is 3. The molecule has 0 bridgehead atoms. The topological polar surface area (TPSA) is 87.3 Å². The van der Waals surface area contributed by atoms with Gasteiger partial charge >= 0.3 is 0 Å². The van der Waals surface area contributed by atoms with E-state index < -0.39 is 0 Å². The highest BCUT2D eigenvalue weighted by Crippen LogP contribution is 2.10. The van der Waals surface area contributed by atoms with Gasteiger partial charge in [-0.05, 0) is 41.5 Å². The van der Waals surface area contributed by atoms with Crippen molar-refractivity contribution in [2.45, 2.75) is 13.5 Å². The molecule has 0 saturated carbocycles. The predicted octanol–water partition coefficient (Wildman–Crippen LogP) is 2.33. The molecule has 6 nitrogen and oxygen atoms in total. The third kappa shape index (κ3) is 5.90. The summed E-state index contributed by atoms with van der Waals surface area (Å²) >= 11 is 0. The van der Waals surface area contributed by atoms with Crippen LogP contribution in [0.1, 0.15) is 28.4 Å². The smallest absolute Gasteiger partial charge is 0.251 e. The van der Waals surface area contributed by atoms with Gasteiger partial charge in [0.25, 0.3) is 5.91 Å². The third-order valence-electron chi connectivity index (χ3n) is 3.57. The highest BCUT2D eigenvalue weighted by molar-refractivity contribution is 5.94. The van der Waals surface area contributed by atoms with Gasteiger partial charge in [-0.15, -0.1) is 0 Å². The van der Waals surface area contributed by atoms with Gasteiger partial charge in [0, 0.05) is 37.8 Å². The van der Waals surface area contributed by atoms with E-state index in [1.54, 1.807) is 49.5 Å². The van der Waals surface area contributed by atoms with Crippen LogP contribution in [0.3, 0.4) is 0 Å². The van der Waals surface area contributed by atoms with Crippen molar-refractivity contribution in [1.29, 1.82) is 0 Å². The van der Waals surface area contributed by atoms with E-state index in [0.29, 0.717) is 17.8 Å². The van der Waals surface area contributed by atoms with Gasteiger partial charge in [0.2, 0.25) is 11.8 Å². The van der Waals surface area contributed by atoms with E-state index >= 15 is 0 Å². The van der Waals surface area contributed by atoms with Crippen molar-refractivity contribution in [3.8, 4) is 0 Å². The van der Waals surface area contributed by atoms with Gasteiger partial charge in [-0.25, -0.2) is 0 Å². The third-order valence-corrected chi connectivity index (χ3v) is 3.57. The number of carbonyl (C=O) groups excluding carboxylic acids is 3. The quantitative estimate of drug-likeness (QED) is 0.698. The fraction of sp³-hybridized carbons (Fsp3) is 0.150. The van der Waals surface area contributed by atoms with Crippen LogP contribution in [0.15, 0.2) is 54.6 Å². The molecule has 0 heterocycles. The molecule has 0 aliphatic heterocycles. The first-order valence-corrected chi connectivity index (χ1v) is 8.12. The second kappa shape index (κ2) is 9.17. The maximum absolute atomic E-state index is 11.9. The van der Waals surface area contributed by atoms with Crippen LogP contribution in [0.25, 0.3) is 6.08 Å².